The molecule has 0 saturated heterocycles. The van der Waals surface area contributed by atoms with Crippen molar-refractivity contribution in [1.29, 1.82) is 5.26 Å². The van der Waals surface area contributed by atoms with E-state index in [-0.39, 0.29) is 11.9 Å². The first kappa shape index (κ1) is 14.7. The van der Waals surface area contributed by atoms with Crippen molar-refractivity contribution in [2.75, 3.05) is 5.32 Å². The highest BCUT2D eigenvalue weighted by molar-refractivity contribution is 6.05. The molecule has 2 aromatic heterocycles. The Kier molecular flexibility index (Phi) is 3.77. The molecule has 0 spiro atoms. The van der Waals surface area contributed by atoms with E-state index in [4.69, 9.17) is 5.26 Å². The van der Waals surface area contributed by atoms with E-state index < -0.39 is 0 Å². The summed E-state index contributed by atoms with van der Waals surface area (Å²) in [4.78, 5) is 16.7. The average Bonchev–Trinajstić information content (AvgIpc) is 2.98. The van der Waals surface area contributed by atoms with Crippen molar-refractivity contribution in [2.24, 2.45) is 0 Å². The first-order chi connectivity index (χ1) is 11.1. The van der Waals surface area contributed by atoms with E-state index in [1.165, 1.54) is 6.20 Å². The lowest BCUT2D eigenvalue weighted by Gasteiger charge is -2.07. The summed E-state index contributed by atoms with van der Waals surface area (Å²) >= 11 is 0. The first-order valence-electron chi connectivity index (χ1n) is 7.23. The summed E-state index contributed by atoms with van der Waals surface area (Å²) in [5.41, 5.74) is 2.27. The Labute approximate surface area is 133 Å². The van der Waals surface area contributed by atoms with Crippen LogP contribution in [0.15, 0.2) is 42.7 Å². The molecule has 0 aliphatic heterocycles. The summed E-state index contributed by atoms with van der Waals surface area (Å²) in [7, 11) is 0. The van der Waals surface area contributed by atoms with Crippen LogP contribution in [0.1, 0.15) is 35.8 Å². The van der Waals surface area contributed by atoms with Crippen LogP contribution in [0.3, 0.4) is 0 Å². The number of carbonyl (C=O) groups excluding carboxylic acids is 1. The predicted octanol–water partition coefficient (Wildman–Crippen LogP) is 3.14. The number of fused-ring (bicyclic) bond motifs is 1. The Morgan fingerprint density at radius 2 is 2.13 bits per heavy atom. The van der Waals surface area contributed by atoms with Crippen molar-refractivity contribution >= 4 is 22.6 Å². The minimum absolute atomic E-state index is 0.202. The highest BCUT2D eigenvalue weighted by atomic mass is 16.1. The van der Waals surface area contributed by atoms with Crippen LogP contribution in [0.2, 0.25) is 0 Å². The molecule has 0 bridgehead atoms. The van der Waals surface area contributed by atoms with Gasteiger partial charge in [0.25, 0.3) is 5.91 Å². The van der Waals surface area contributed by atoms with Gasteiger partial charge in [0, 0.05) is 23.3 Å². The third-order valence-corrected chi connectivity index (χ3v) is 3.43. The molecule has 0 aliphatic carbocycles. The van der Waals surface area contributed by atoms with E-state index in [0.29, 0.717) is 16.8 Å². The number of carbonyl (C=O) groups is 1. The molecule has 6 heteroatoms. The Bertz CT molecular complexity index is 920. The number of hydrogen-bond acceptors (Lipinski definition) is 4. The second kappa shape index (κ2) is 5.89. The number of rotatable bonds is 3. The first-order valence-corrected chi connectivity index (χ1v) is 7.23. The van der Waals surface area contributed by atoms with Crippen molar-refractivity contribution in [1.82, 2.24) is 14.8 Å². The number of nitrogens with zero attached hydrogens (tertiary/aromatic N) is 4. The summed E-state index contributed by atoms with van der Waals surface area (Å²) in [5.74, 6) is -0.271. The molecular weight excluding hydrogens is 290 g/mol. The van der Waals surface area contributed by atoms with Crippen LogP contribution in [-0.2, 0) is 0 Å². The normalized spacial score (nSPS) is 10.7. The molecule has 0 atom stereocenters. The number of nitrogens with one attached hydrogen (secondary N) is 1. The van der Waals surface area contributed by atoms with Gasteiger partial charge in [-0.25, -0.2) is 9.67 Å². The van der Waals surface area contributed by atoms with Gasteiger partial charge >= 0.3 is 0 Å². The van der Waals surface area contributed by atoms with Gasteiger partial charge in [-0.05, 0) is 38.1 Å². The van der Waals surface area contributed by atoms with Crippen molar-refractivity contribution in [3.63, 3.8) is 0 Å². The molecule has 0 unspecified atom stereocenters. The van der Waals surface area contributed by atoms with Crippen molar-refractivity contribution < 1.29 is 4.79 Å². The minimum atomic E-state index is -0.271. The van der Waals surface area contributed by atoms with E-state index in [1.807, 2.05) is 24.6 Å². The SMILES string of the molecule is CC(C)n1ncc2cc(C(=O)Nc3cccc(C#N)c3)cnc21. The van der Waals surface area contributed by atoms with Crippen LogP contribution in [-0.4, -0.2) is 20.7 Å². The summed E-state index contributed by atoms with van der Waals surface area (Å²) in [5, 5.41) is 16.8. The second-order valence-electron chi connectivity index (χ2n) is 5.47. The van der Waals surface area contributed by atoms with Crippen LogP contribution < -0.4 is 5.32 Å². The van der Waals surface area contributed by atoms with E-state index in [9.17, 15) is 4.79 Å². The quantitative estimate of drug-likeness (QED) is 0.805. The maximum atomic E-state index is 12.3. The fourth-order valence-corrected chi connectivity index (χ4v) is 2.31. The smallest absolute Gasteiger partial charge is 0.257 e. The molecule has 2 heterocycles. The van der Waals surface area contributed by atoms with Crippen molar-refractivity contribution in [3.05, 3.63) is 53.9 Å². The standard InChI is InChI=1S/C17H15N5O/c1-11(2)22-16-13(10-20-22)7-14(9-19-16)17(23)21-15-5-3-4-12(6-15)8-18/h3-7,9-11H,1-2H3,(H,21,23). The van der Waals surface area contributed by atoms with Crippen LogP contribution in [0.25, 0.3) is 11.0 Å². The number of aromatic nitrogens is 3. The van der Waals surface area contributed by atoms with Gasteiger partial charge in [0.05, 0.1) is 23.4 Å². The molecular formula is C17H15N5O. The molecule has 6 nitrogen and oxygen atoms in total. The molecule has 0 saturated carbocycles. The Hall–Kier alpha value is -3.20. The zero-order chi connectivity index (χ0) is 16.4. The van der Waals surface area contributed by atoms with E-state index in [0.717, 1.165) is 11.0 Å². The highest BCUT2D eigenvalue weighted by Gasteiger charge is 2.12. The molecule has 1 N–H and O–H groups in total. The Morgan fingerprint density at radius 3 is 2.87 bits per heavy atom. The lowest BCUT2D eigenvalue weighted by atomic mass is 10.2. The summed E-state index contributed by atoms with van der Waals surface area (Å²) in [6, 6.07) is 10.8. The van der Waals surface area contributed by atoms with Gasteiger partial charge in [-0.15, -0.1) is 0 Å². The molecule has 1 amide bonds. The van der Waals surface area contributed by atoms with Crippen molar-refractivity contribution in [3.8, 4) is 6.07 Å². The van der Waals surface area contributed by atoms with E-state index in [2.05, 4.69) is 15.4 Å². The van der Waals surface area contributed by atoms with Gasteiger partial charge in [-0.2, -0.15) is 10.4 Å². The average molecular weight is 305 g/mol. The van der Waals surface area contributed by atoms with Crippen LogP contribution >= 0.6 is 0 Å². The molecule has 0 fully saturated rings. The van der Waals surface area contributed by atoms with E-state index in [1.54, 1.807) is 36.5 Å². The molecule has 23 heavy (non-hydrogen) atoms. The second-order valence-corrected chi connectivity index (χ2v) is 5.47. The van der Waals surface area contributed by atoms with Gasteiger partial charge < -0.3 is 5.32 Å². The minimum Gasteiger partial charge on any atom is -0.322 e. The Morgan fingerprint density at radius 1 is 1.30 bits per heavy atom. The van der Waals surface area contributed by atoms with Gasteiger partial charge in [0.2, 0.25) is 0 Å². The Balaban J connectivity index is 1.87. The molecule has 0 radical (unpaired) electrons. The number of anilines is 1. The number of amides is 1. The van der Waals surface area contributed by atoms with Gasteiger partial charge in [-0.3, -0.25) is 4.79 Å². The van der Waals surface area contributed by atoms with E-state index >= 15 is 0 Å². The van der Waals surface area contributed by atoms with Crippen molar-refractivity contribution in [2.45, 2.75) is 19.9 Å². The molecule has 3 aromatic rings. The number of benzene rings is 1. The summed E-state index contributed by atoms with van der Waals surface area (Å²) in [6.07, 6.45) is 3.24. The lowest BCUT2D eigenvalue weighted by Crippen LogP contribution is -2.12. The maximum absolute atomic E-state index is 12.3. The largest absolute Gasteiger partial charge is 0.322 e. The predicted molar refractivity (Wildman–Crippen MR) is 87.0 cm³/mol. The molecule has 114 valence electrons. The zero-order valence-corrected chi connectivity index (χ0v) is 12.8. The number of hydrogen-bond donors (Lipinski definition) is 1. The summed E-state index contributed by atoms with van der Waals surface area (Å²) < 4.78 is 1.81. The number of pyridine rings is 1. The number of nitriles is 1. The third-order valence-electron chi connectivity index (χ3n) is 3.43. The molecule has 3 rings (SSSR count). The van der Waals surface area contributed by atoms with Crippen LogP contribution in [0, 0.1) is 11.3 Å². The molecule has 0 aliphatic rings. The fourth-order valence-electron chi connectivity index (χ4n) is 2.31. The maximum Gasteiger partial charge on any atom is 0.257 e. The molecule has 1 aromatic carbocycles. The lowest BCUT2D eigenvalue weighted by molar-refractivity contribution is 0.102. The summed E-state index contributed by atoms with van der Waals surface area (Å²) in [6.45, 7) is 4.05. The van der Waals surface area contributed by atoms with Crippen LogP contribution in [0.4, 0.5) is 5.69 Å². The monoisotopic (exact) mass is 305 g/mol. The fraction of sp³-hybridized carbons (Fsp3) is 0.176. The topological polar surface area (TPSA) is 83.6 Å². The van der Waals surface area contributed by atoms with Gasteiger partial charge in [-0.1, -0.05) is 6.07 Å². The van der Waals surface area contributed by atoms with Gasteiger partial charge in [0.1, 0.15) is 0 Å². The highest BCUT2D eigenvalue weighted by Crippen LogP contribution is 2.18. The zero-order valence-electron chi connectivity index (χ0n) is 12.8. The van der Waals surface area contributed by atoms with Gasteiger partial charge in [0.15, 0.2) is 5.65 Å². The van der Waals surface area contributed by atoms with Crippen LogP contribution in [0.5, 0.6) is 0 Å². The third kappa shape index (κ3) is 2.90.